The summed E-state index contributed by atoms with van der Waals surface area (Å²) in [5, 5.41) is 2.67. The molecule has 0 bridgehead atoms. The van der Waals surface area contributed by atoms with E-state index in [-0.39, 0.29) is 16.6 Å². The normalized spacial score (nSPS) is 32.9. The van der Waals surface area contributed by atoms with Crippen LogP contribution in [0.2, 0.25) is 0 Å². The number of rotatable bonds is 5. The Morgan fingerprint density at radius 2 is 2.06 bits per heavy atom. The van der Waals surface area contributed by atoms with Crippen LogP contribution < -0.4 is 5.32 Å². The molecule has 1 heterocycles. The van der Waals surface area contributed by atoms with Crippen LogP contribution in [-0.2, 0) is 14.6 Å². The number of ether oxygens (including phenoxy) is 1. The van der Waals surface area contributed by atoms with E-state index in [0.717, 1.165) is 0 Å². The van der Waals surface area contributed by atoms with Crippen LogP contribution in [0.4, 0.5) is 0 Å². The van der Waals surface area contributed by atoms with Gasteiger partial charge >= 0.3 is 0 Å². The molecule has 2 fully saturated rings. The number of hydrogen-bond donors (Lipinski definition) is 1. The van der Waals surface area contributed by atoms with E-state index in [0.29, 0.717) is 25.6 Å². The van der Waals surface area contributed by atoms with Crippen molar-refractivity contribution in [3.63, 3.8) is 0 Å². The third-order valence-electron chi connectivity index (χ3n) is 3.56. The molecule has 2 aliphatic rings. The zero-order chi connectivity index (χ0) is 11.8. The highest BCUT2D eigenvalue weighted by molar-refractivity contribution is 7.92. The molecule has 5 heteroatoms. The summed E-state index contributed by atoms with van der Waals surface area (Å²) in [6.45, 7) is 4.82. The van der Waals surface area contributed by atoms with E-state index in [1.807, 2.05) is 6.92 Å². The molecule has 0 amide bonds. The maximum Gasteiger partial charge on any atom is 0.159 e. The van der Waals surface area contributed by atoms with E-state index in [4.69, 9.17) is 4.74 Å². The third kappa shape index (κ3) is 2.57. The molecule has 0 aromatic carbocycles. The van der Waals surface area contributed by atoms with Crippen molar-refractivity contribution in [3.8, 4) is 0 Å². The number of nitrogens with one attached hydrogen (secondary N) is 1. The molecule has 0 aromatic heterocycles. The van der Waals surface area contributed by atoms with E-state index in [1.54, 1.807) is 6.92 Å². The quantitative estimate of drug-likeness (QED) is 0.778. The largest absolute Gasteiger partial charge is 0.377 e. The fraction of sp³-hybridized carbons (Fsp3) is 1.00. The van der Waals surface area contributed by atoms with Crippen LogP contribution in [0, 0.1) is 0 Å². The molecule has 1 saturated heterocycles. The minimum absolute atomic E-state index is 0.145. The topological polar surface area (TPSA) is 55.4 Å². The summed E-state index contributed by atoms with van der Waals surface area (Å²) in [4.78, 5) is 0. The Morgan fingerprint density at radius 3 is 2.56 bits per heavy atom. The van der Waals surface area contributed by atoms with E-state index >= 15 is 0 Å². The first-order valence-electron chi connectivity index (χ1n) is 6.09. The molecule has 4 nitrogen and oxygen atoms in total. The lowest BCUT2D eigenvalue weighted by molar-refractivity contribution is 0.126. The Balaban J connectivity index is 1.93. The first-order chi connectivity index (χ1) is 7.51. The minimum atomic E-state index is -3.04. The Hall–Kier alpha value is -0.130. The standard InChI is InChI=1S/C11H21NO3S/c1-8(7-12-10-3-4-10)16(13,14)11-5-6-15-9(11)2/h8-12H,3-7H2,1-2H3. The van der Waals surface area contributed by atoms with Crippen LogP contribution in [-0.4, -0.2) is 44.2 Å². The Labute approximate surface area is 97.7 Å². The van der Waals surface area contributed by atoms with Crippen LogP contribution >= 0.6 is 0 Å². The van der Waals surface area contributed by atoms with Gasteiger partial charge < -0.3 is 10.1 Å². The van der Waals surface area contributed by atoms with Gasteiger partial charge in [0.25, 0.3) is 0 Å². The Morgan fingerprint density at radius 1 is 1.38 bits per heavy atom. The summed E-state index contributed by atoms with van der Waals surface area (Å²) in [6, 6.07) is 0.565. The summed E-state index contributed by atoms with van der Waals surface area (Å²) in [5.41, 5.74) is 0. The molecular weight excluding hydrogens is 226 g/mol. The molecule has 1 aliphatic carbocycles. The molecule has 2 rings (SSSR count). The van der Waals surface area contributed by atoms with Crippen molar-refractivity contribution < 1.29 is 13.2 Å². The van der Waals surface area contributed by atoms with Gasteiger partial charge in [-0.25, -0.2) is 8.42 Å². The van der Waals surface area contributed by atoms with Crippen LogP contribution in [0.15, 0.2) is 0 Å². The van der Waals surface area contributed by atoms with Crippen LogP contribution in [0.5, 0.6) is 0 Å². The van der Waals surface area contributed by atoms with Crippen LogP contribution in [0.1, 0.15) is 33.1 Å². The maximum atomic E-state index is 12.3. The predicted molar refractivity (Wildman–Crippen MR) is 63.2 cm³/mol. The summed E-state index contributed by atoms with van der Waals surface area (Å²) in [6.07, 6.45) is 2.89. The van der Waals surface area contributed by atoms with Crippen molar-refractivity contribution in [2.75, 3.05) is 13.2 Å². The van der Waals surface area contributed by atoms with Gasteiger partial charge in [0.15, 0.2) is 9.84 Å². The maximum absolute atomic E-state index is 12.3. The average Bonchev–Trinajstić information content (AvgIpc) is 2.96. The average molecular weight is 247 g/mol. The van der Waals surface area contributed by atoms with Gasteiger partial charge in [0.2, 0.25) is 0 Å². The van der Waals surface area contributed by atoms with E-state index in [2.05, 4.69) is 5.32 Å². The van der Waals surface area contributed by atoms with Gasteiger partial charge in [-0.2, -0.15) is 0 Å². The molecule has 3 unspecified atom stereocenters. The zero-order valence-corrected chi connectivity index (χ0v) is 10.8. The van der Waals surface area contributed by atoms with Gasteiger partial charge in [0.1, 0.15) is 0 Å². The lowest BCUT2D eigenvalue weighted by atomic mass is 10.3. The number of sulfone groups is 1. The van der Waals surface area contributed by atoms with Crippen molar-refractivity contribution in [2.45, 2.75) is 55.8 Å². The summed E-state index contributed by atoms with van der Waals surface area (Å²) >= 11 is 0. The molecule has 0 aromatic rings. The molecule has 16 heavy (non-hydrogen) atoms. The van der Waals surface area contributed by atoms with Crippen molar-refractivity contribution in [1.82, 2.24) is 5.32 Å². The lowest BCUT2D eigenvalue weighted by Crippen LogP contribution is -2.40. The third-order valence-corrected chi connectivity index (χ3v) is 6.31. The Bertz CT molecular complexity index is 337. The van der Waals surface area contributed by atoms with E-state index in [9.17, 15) is 8.42 Å². The van der Waals surface area contributed by atoms with Crippen molar-refractivity contribution >= 4 is 9.84 Å². The molecule has 1 saturated carbocycles. The molecule has 3 atom stereocenters. The second-order valence-corrected chi connectivity index (χ2v) is 7.57. The summed E-state index contributed by atoms with van der Waals surface area (Å²) in [5.74, 6) is 0. The first kappa shape index (κ1) is 12.3. The van der Waals surface area contributed by atoms with Crippen molar-refractivity contribution in [2.24, 2.45) is 0 Å². The molecule has 1 N–H and O–H groups in total. The molecular formula is C11H21NO3S. The van der Waals surface area contributed by atoms with Crippen LogP contribution in [0.3, 0.4) is 0 Å². The second kappa shape index (κ2) is 4.63. The van der Waals surface area contributed by atoms with Crippen LogP contribution in [0.25, 0.3) is 0 Å². The molecule has 1 aliphatic heterocycles. The van der Waals surface area contributed by atoms with Gasteiger partial charge in [0.05, 0.1) is 16.6 Å². The minimum Gasteiger partial charge on any atom is -0.377 e. The van der Waals surface area contributed by atoms with Gasteiger partial charge in [-0.05, 0) is 33.1 Å². The van der Waals surface area contributed by atoms with Crippen molar-refractivity contribution in [3.05, 3.63) is 0 Å². The van der Waals surface area contributed by atoms with Gasteiger partial charge in [-0.15, -0.1) is 0 Å². The lowest BCUT2D eigenvalue weighted by Gasteiger charge is -2.20. The molecule has 0 radical (unpaired) electrons. The van der Waals surface area contributed by atoms with Crippen molar-refractivity contribution in [1.29, 1.82) is 0 Å². The fourth-order valence-corrected chi connectivity index (χ4v) is 4.14. The monoisotopic (exact) mass is 247 g/mol. The molecule has 0 spiro atoms. The predicted octanol–water partition coefficient (Wildman–Crippen LogP) is 0.719. The second-order valence-electron chi connectivity index (χ2n) is 4.99. The molecule has 94 valence electrons. The fourth-order valence-electron chi connectivity index (χ4n) is 2.18. The highest BCUT2D eigenvalue weighted by Crippen LogP contribution is 2.25. The highest BCUT2D eigenvalue weighted by atomic mass is 32.2. The van der Waals surface area contributed by atoms with Gasteiger partial charge in [-0.3, -0.25) is 0 Å². The van der Waals surface area contributed by atoms with E-state index in [1.165, 1.54) is 12.8 Å². The summed E-state index contributed by atoms with van der Waals surface area (Å²) in [7, 11) is -3.04. The first-order valence-corrected chi connectivity index (χ1v) is 7.70. The Kier molecular flexibility index (Phi) is 3.56. The van der Waals surface area contributed by atoms with E-state index < -0.39 is 9.84 Å². The number of hydrogen-bond acceptors (Lipinski definition) is 4. The van der Waals surface area contributed by atoms with Gasteiger partial charge in [-0.1, -0.05) is 0 Å². The highest BCUT2D eigenvalue weighted by Gasteiger charge is 2.39. The smallest absolute Gasteiger partial charge is 0.159 e. The SMILES string of the molecule is CC1OCCC1S(=O)(=O)C(C)CNC1CC1. The van der Waals surface area contributed by atoms with Gasteiger partial charge in [0, 0.05) is 19.2 Å². The summed E-state index contributed by atoms with van der Waals surface area (Å²) < 4.78 is 29.9. The zero-order valence-electron chi connectivity index (χ0n) is 9.98.